The number of benzene rings is 3. The largest absolute Gasteiger partial charge is 0.486 e. The molecule has 3 aromatic carbocycles. The van der Waals surface area contributed by atoms with Gasteiger partial charge in [0.15, 0.2) is 16.8 Å². The van der Waals surface area contributed by atoms with Crippen LogP contribution in [-0.4, -0.2) is 32.2 Å². The summed E-state index contributed by atoms with van der Waals surface area (Å²) in [5, 5.41) is 12.1. The highest BCUT2D eigenvalue weighted by molar-refractivity contribution is 7.99. The van der Waals surface area contributed by atoms with E-state index < -0.39 is 0 Å². The SMILES string of the molecule is CC(=O)c1ccc(NC(=O)CSc2nnc(COc3ccc(C)cc3)n2-c2ccccc2)cc1. The lowest BCUT2D eigenvalue weighted by Crippen LogP contribution is -2.15. The van der Waals surface area contributed by atoms with E-state index in [0.29, 0.717) is 22.2 Å². The number of nitrogens with zero attached hydrogens (tertiary/aromatic N) is 3. The number of ketones is 1. The molecule has 0 aliphatic heterocycles. The van der Waals surface area contributed by atoms with Crippen molar-refractivity contribution in [1.82, 2.24) is 14.8 Å². The molecule has 0 atom stereocenters. The van der Waals surface area contributed by atoms with E-state index in [2.05, 4.69) is 15.5 Å². The molecule has 1 N–H and O–H groups in total. The first-order valence-electron chi connectivity index (χ1n) is 10.7. The highest BCUT2D eigenvalue weighted by atomic mass is 32.2. The molecule has 8 heteroatoms. The van der Waals surface area contributed by atoms with Crippen LogP contribution in [-0.2, 0) is 11.4 Å². The number of carbonyl (C=O) groups excluding carboxylic acids is 2. The lowest BCUT2D eigenvalue weighted by atomic mass is 10.1. The molecule has 34 heavy (non-hydrogen) atoms. The quantitative estimate of drug-likeness (QED) is 0.270. The van der Waals surface area contributed by atoms with Crippen LogP contribution in [0.2, 0.25) is 0 Å². The number of nitrogens with one attached hydrogen (secondary N) is 1. The Morgan fingerprint density at radius 2 is 1.65 bits per heavy atom. The second-order valence-corrected chi connectivity index (χ2v) is 8.58. The van der Waals surface area contributed by atoms with Crippen molar-refractivity contribution in [2.45, 2.75) is 25.6 Å². The van der Waals surface area contributed by atoms with E-state index in [1.165, 1.54) is 18.7 Å². The zero-order valence-corrected chi connectivity index (χ0v) is 19.7. The van der Waals surface area contributed by atoms with Crippen molar-refractivity contribution in [3.05, 3.63) is 95.8 Å². The molecule has 0 saturated carbocycles. The molecule has 4 rings (SSSR count). The molecule has 0 fully saturated rings. The molecule has 4 aromatic rings. The smallest absolute Gasteiger partial charge is 0.234 e. The van der Waals surface area contributed by atoms with Crippen LogP contribution in [0.5, 0.6) is 5.75 Å². The molecular formula is C26H24N4O3S. The summed E-state index contributed by atoms with van der Waals surface area (Å²) in [4.78, 5) is 23.9. The predicted molar refractivity (Wildman–Crippen MR) is 133 cm³/mol. The summed E-state index contributed by atoms with van der Waals surface area (Å²) >= 11 is 1.29. The fourth-order valence-electron chi connectivity index (χ4n) is 3.22. The first-order chi connectivity index (χ1) is 16.5. The molecule has 1 amide bonds. The number of aromatic nitrogens is 3. The van der Waals surface area contributed by atoms with Crippen LogP contribution in [0.3, 0.4) is 0 Å². The number of amides is 1. The monoisotopic (exact) mass is 472 g/mol. The van der Waals surface area contributed by atoms with Gasteiger partial charge in [-0.1, -0.05) is 47.7 Å². The molecule has 0 unspecified atom stereocenters. The van der Waals surface area contributed by atoms with Crippen LogP contribution < -0.4 is 10.1 Å². The molecule has 1 aromatic heterocycles. The predicted octanol–water partition coefficient (Wildman–Crippen LogP) is 5.09. The molecule has 0 aliphatic carbocycles. The Morgan fingerprint density at radius 1 is 0.941 bits per heavy atom. The van der Waals surface area contributed by atoms with Crippen molar-refractivity contribution in [1.29, 1.82) is 0 Å². The van der Waals surface area contributed by atoms with Crippen molar-refractivity contribution in [2.75, 3.05) is 11.1 Å². The summed E-state index contributed by atoms with van der Waals surface area (Å²) in [7, 11) is 0. The van der Waals surface area contributed by atoms with E-state index in [1.807, 2.05) is 66.1 Å². The summed E-state index contributed by atoms with van der Waals surface area (Å²) in [5.74, 6) is 1.33. The first kappa shape index (κ1) is 23.3. The Bertz CT molecular complexity index is 1270. The standard InChI is InChI=1S/C26H24N4O3S/c1-18-8-14-23(15-9-18)33-16-24-28-29-26(30(24)22-6-4-3-5-7-22)34-17-25(32)27-21-12-10-20(11-13-21)19(2)31/h3-15H,16-17H2,1-2H3,(H,27,32). The fourth-order valence-corrected chi connectivity index (χ4v) is 3.99. The maximum Gasteiger partial charge on any atom is 0.234 e. The first-order valence-corrected chi connectivity index (χ1v) is 11.7. The lowest BCUT2D eigenvalue weighted by molar-refractivity contribution is -0.113. The zero-order chi connectivity index (χ0) is 23.9. The van der Waals surface area contributed by atoms with Gasteiger partial charge >= 0.3 is 0 Å². The van der Waals surface area contributed by atoms with Crippen LogP contribution >= 0.6 is 11.8 Å². The molecule has 0 spiro atoms. The van der Waals surface area contributed by atoms with Crippen LogP contribution in [0, 0.1) is 6.92 Å². The number of anilines is 1. The number of ether oxygens (including phenoxy) is 1. The maximum absolute atomic E-state index is 12.5. The molecule has 1 heterocycles. The summed E-state index contributed by atoms with van der Waals surface area (Å²) < 4.78 is 7.81. The van der Waals surface area contributed by atoms with Crippen molar-refractivity contribution in [2.24, 2.45) is 0 Å². The van der Waals surface area contributed by atoms with E-state index in [1.54, 1.807) is 24.3 Å². The number of hydrogen-bond acceptors (Lipinski definition) is 6. The zero-order valence-electron chi connectivity index (χ0n) is 18.9. The highest BCUT2D eigenvalue weighted by Crippen LogP contribution is 2.23. The van der Waals surface area contributed by atoms with E-state index in [-0.39, 0.29) is 24.1 Å². The molecule has 172 valence electrons. The van der Waals surface area contributed by atoms with Gasteiger partial charge in [0.2, 0.25) is 5.91 Å². The van der Waals surface area contributed by atoms with Crippen molar-refractivity contribution >= 4 is 29.1 Å². The van der Waals surface area contributed by atoms with Gasteiger partial charge in [-0.15, -0.1) is 10.2 Å². The summed E-state index contributed by atoms with van der Waals surface area (Å²) in [6, 6.07) is 24.4. The Morgan fingerprint density at radius 3 is 2.32 bits per heavy atom. The fraction of sp³-hybridized carbons (Fsp3) is 0.154. The molecule has 0 saturated heterocycles. The summed E-state index contributed by atoms with van der Waals surface area (Å²) in [6.45, 7) is 3.77. The van der Waals surface area contributed by atoms with Gasteiger partial charge in [0, 0.05) is 16.9 Å². The average Bonchev–Trinajstić information content (AvgIpc) is 3.26. The number of hydrogen-bond donors (Lipinski definition) is 1. The van der Waals surface area contributed by atoms with Crippen LogP contribution in [0.1, 0.15) is 28.7 Å². The molecule has 0 bridgehead atoms. The topological polar surface area (TPSA) is 86.1 Å². The van der Waals surface area contributed by atoms with Gasteiger partial charge in [-0.05, 0) is 62.4 Å². The van der Waals surface area contributed by atoms with Gasteiger partial charge in [-0.3, -0.25) is 14.2 Å². The minimum absolute atomic E-state index is 0.0177. The minimum atomic E-state index is -0.180. The van der Waals surface area contributed by atoms with Gasteiger partial charge in [0.05, 0.1) is 5.75 Å². The maximum atomic E-state index is 12.5. The molecule has 0 aliphatic rings. The number of para-hydroxylation sites is 1. The Hall–Kier alpha value is -3.91. The van der Waals surface area contributed by atoms with Gasteiger partial charge in [-0.2, -0.15) is 0 Å². The third kappa shape index (κ3) is 5.90. The second-order valence-electron chi connectivity index (χ2n) is 7.64. The number of thioether (sulfide) groups is 1. The average molecular weight is 473 g/mol. The number of aryl methyl sites for hydroxylation is 1. The summed E-state index contributed by atoms with van der Waals surface area (Å²) in [6.07, 6.45) is 0. The van der Waals surface area contributed by atoms with Crippen LogP contribution in [0.15, 0.2) is 84.0 Å². The third-order valence-electron chi connectivity index (χ3n) is 5.01. The molecular weight excluding hydrogens is 448 g/mol. The van der Waals surface area contributed by atoms with Gasteiger partial charge in [0.25, 0.3) is 0 Å². The van der Waals surface area contributed by atoms with Gasteiger partial charge in [0.1, 0.15) is 12.4 Å². The normalized spacial score (nSPS) is 10.6. The second kappa shape index (κ2) is 10.8. The van der Waals surface area contributed by atoms with E-state index in [0.717, 1.165) is 17.0 Å². The lowest BCUT2D eigenvalue weighted by Gasteiger charge is -2.11. The van der Waals surface area contributed by atoms with E-state index >= 15 is 0 Å². The summed E-state index contributed by atoms with van der Waals surface area (Å²) in [5.41, 5.74) is 3.28. The van der Waals surface area contributed by atoms with Gasteiger partial charge < -0.3 is 10.1 Å². The number of Topliss-reactive ketones (excluding diaryl/α,β-unsaturated/α-hetero) is 1. The Kier molecular flexibility index (Phi) is 7.39. The van der Waals surface area contributed by atoms with E-state index in [4.69, 9.17) is 4.74 Å². The molecule has 7 nitrogen and oxygen atoms in total. The third-order valence-corrected chi connectivity index (χ3v) is 5.94. The Balaban J connectivity index is 1.45. The highest BCUT2D eigenvalue weighted by Gasteiger charge is 2.16. The number of rotatable bonds is 9. The van der Waals surface area contributed by atoms with Crippen LogP contribution in [0.25, 0.3) is 5.69 Å². The Labute approximate surface area is 202 Å². The molecule has 0 radical (unpaired) electrons. The minimum Gasteiger partial charge on any atom is -0.486 e. The van der Waals surface area contributed by atoms with E-state index in [9.17, 15) is 9.59 Å². The van der Waals surface area contributed by atoms with Gasteiger partial charge in [-0.25, -0.2) is 0 Å². The van der Waals surface area contributed by atoms with Crippen LogP contribution in [0.4, 0.5) is 5.69 Å². The van der Waals surface area contributed by atoms with Crippen molar-refractivity contribution in [3.63, 3.8) is 0 Å². The van der Waals surface area contributed by atoms with Crippen molar-refractivity contribution < 1.29 is 14.3 Å². The van der Waals surface area contributed by atoms with Crippen molar-refractivity contribution in [3.8, 4) is 11.4 Å². The number of carbonyl (C=O) groups is 2.